The highest BCUT2D eigenvalue weighted by Gasteiger charge is 2.47. The number of aromatic nitrogens is 16. The molecule has 23 nitrogen and oxygen atoms in total. The van der Waals surface area contributed by atoms with E-state index >= 15 is 0 Å². The fourth-order valence-corrected chi connectivity index (χ4v) is 7.56. The van der Waals surface area contributed by atoms with E-state index in [9.17, 15) is 10.2 Å². The van der Waals surface area contributed by atoms with Crippen molar-refractivity contribution in [1.29, 1.82) is 0 Å². The lowest BCUT2D eigenvalue weighted by Gasteiger charge is -2.31. The van der Waals surface area contributed by atoms with Gasteiger partial charge in [-0.3, -0.25) is 4.57 Å². The average molecular weight is 795 g/mol. The number of hydrogen-bond acceptors (Lipinski definition) is 18. The third kappa shape index (κ3) is 7.45. The lowest BCUT2D eigenvalue weighted by Crippen LogP contribution is -2.33. The van der Waals surface area contributed by atoms with Crippen LogP contribution in [0.15, 0.2) is 25.3 Å². The first-order valence-electron chi connectivity index (χ1n) is 19.5. The Morgan fingerprint density at radius 1 is 0.845 bits per heavy atom. The Kier molecular flexibility index (Phi) is 10.2. The Balaban J connectivity index is 0.902. The van der Waals surface area contributed by atoms with Gasteiger partial charge in [0.25, 0.3) is 0 Å². The van der Waals surface area contributed by atoms with Gasteiger partial charge in [0.15, 0.2) is 35.1 Å². The highest BCUT2D eigenvalue weighted by Crippen LogP contribution is 2.39. The summed E-state index contributed by atoms with van der Waals surface area (Å²) in [4.78, 5) is 47.6. The third-order valence-electron chi connectivity index (χ3n) is 10.8. The first kappa shape index (κ1) is 37.3. The van der Waals surface area contributed by atoms with Crippen molar-refractivity contribution in [2.45, 2.75) is 102 Å². The molecule has 0 radical (unpaired) electrons. The number of ether oxygens (including phenoxy) is 1. The molecule has 8 heterocycles. The summed E-state index contributed by atoms with van der Waals surface area (Å²) in [5.41, 5.74) is 5.62. The van der Waals surface area contributed by atoms with Crippen molar-refractivity contribution in [1.82, 2.24) is 79.6 Å². The van der Waals surface area contributed by atoms with Gasteiger partial charge in [-0.2, -0.15) is 19.7 Å². The zero-order chi connectivity index (χ0) is 39.8. The van der Waals surface area contributed by atoms with Gasteiger partial charge in [-0.15, -0.1) is 10.2 Å². The van der Waals surface area contributed by atoms with Crippen molar-refractivity contribution in [3.05, 3.63) is 53.9 Å². The Hall–Kier alpha value is -6.33. The minimum atomic E-state index is -1.32. The van der Waals surface area contributed by atoms with Crippen LogP contribution in [0, 0.1) is 13.8 Å². The van der Waals surface area contributed by atoms with Crippen LogP contribution in [0.2, 0.25) is 0 Å². The van der Waals surface area contributed by atoms with E-state index < -0.39 is 24.5 Å². The Bertz CT molecular complexity index is 2430. The summed E-state index contributed by atoms with van der Waals surface area (Å²) < 4.78 is 7.80. The topological polar surface area (TPSA) is 297 Å². The van der Waals surface area contributed by atoms with Crippen LogP contribution in [0.1, 0.15) is 73.5 Å². The number of fused-ring (bicyclic) bond motifs is 2. The van der Waals surface area contributed by atoms with Crippen LogP contribution >= 0.6 is 0 Å². The van der Waals surface area contributed by atoms with Crippen molar-refractivity contribution in [2.24, 2.45) is 0 Å². The van der Waals surface area contributed by atoms with Gasteiger partial charge in [0, 0.05) is 49.4 Å². The van der Waals surface area contributed by atoms with E-state index in [1.54, 1.807) is 23.5 Å². The second kappa shape index (κ2) is 15.9. The third-order valence-corrected chi connectivity index (χ3v) is 10.8. The largest absolute Gasteiger partial charge is 0.387 e. The second-order valence-electron chi connectivity index (χ2n) is 14.6. The first-order chi connectivity index (χ1) is 28.3. The van der Waals surface area contributed by atoms with Gasteiger partial charge >= 0.3 is 0 Å². The van der Waals surface area contributed by atoms with Gasteiger partial charge in [0.05, 0.1) is 36.9 Å². The van der Waals surface area contributed by atoms with Crippen LogP contribution in [0.3, 0.4) is 0 Å². The highest BCUT2D eigenvalue weighted by molar-refractivity contribution is 5.84. The summed E-state index contributed by atoms with van der Waals surface area (Å²) >= 11 is 0. The number of H-pyrrole nitrogens is 3. The molecule has 58 heavy (non-hydrogen) atoms. The highest BCUT2D eigenvalue weighted by atomic mass is 16.6. The van der Waals surface area contributed by atoms with Gasteiger partial charge in [-0.1, -0.05) is 0 Å². The molecule has 0 unspecified atom stereocenters. The lowest BCUT2D eigenvalue weighted by atomic mass is 9.91. The maximum atomic E-state index is 11.2. The van der Waals surface area contributed by atoms with Gasteiger partial charge in [-0.05, 0) is 51.7 Å². The first-order valence-corrected chi connectivity index (χ1v) is 19.5. The van der Waals surface area contributed by atoms with Crippen molar-refractivity contribution < 1.29 is 14.9 Å². The van der Waals surface area contributed by atoms with Gasteiger partial charge < -0.3 is 51.2 Å². The summed E-state index contributed by atoms with van der Waals surface area (Å²) in [5.74, 6) is 3.04. The number of imidazole rings is 4. The number of nitrogens with zero attached hydrogens (tertiary/aromatic N) is 13. The van der Waals surface area contributed by atoms with E-state index in [2.05, 4.69) is 81.5 Å². The molecular formula is C35H46N20O3. The van der Waals surface area contributed by atoms with Crippen LogP contribution in [0.5, 0.6) is 0 Å². The lowest BCUT2D eigenvalue weighted by molar-refractivity contribution is -0.0384. The number of tetrazole rings is 1. The number of rotatable bonds is 15. The average Bonchev–Trinajstić information content (AvgIpc) is 4.10. The number of aliphatic hydroxyl groups excluding tert-OH is 2. The molecule has 5 aromatic rings. The molecule has 23 heteroatoms. The van der Waals surface area contributed by atoms with E-state index in [-0.39, 0.29) is 17.9 Å². The quantitative estimate of drug-likeness (QED) is 0.0713. The summed E-state index contributed by atoms with van der Waals surface area (Å²) in [5, 5.41) is 48.6. The Morgan fingerprint density at radius 2 is 1.57 bits per heavy atom. The van der Waals surface area contributed by atoms with Crippen molar-refractivity contribution in [2.75, 3.05) is 34.4 Å². The molecule has 0 amide bonds. The number of aliphatic hydroxyl groups is 2. The zero-order valence-electron chi connectivity index (χ0n) is 32.3. The normalized spacial score (nSPS) is 22.2. The molecule has 0 spiro atoms. The monoisotopic (exact) mass is 794 g/mol. The molecule has 0 bridgehead atoms. The molecular weight excluding hydrogens is 749 g/mol. The predicted molar refractivity (Wildman–Crippen MR) is 209 cm³/mol. The van der Waals surface area contributed by atoms with E-state index in [0.717, 1.165) is 60.7 Å². The van der Waals surface area contributed by atoms with Crippen molar-refractivity contribution in [3.8, 4) is 11.5 Å². The molecule has 4 atom stereocenters. The molecule has 1 aliphatic carbocycles. The standard InChI is InChI=1S/C35H46N20O3/c1-4-55-52-31(51-53-55)27-25(56)26(57)33(58-27)54-16-44-24-30(49-35(50-32(24)54)37-12-10-22-18(3)39-14-41-22)46-20-7-5-19(6-8-20)45-29-23-28(43-15-42-23)47-34(48-29)36-11-9-21-17(2)38-13-40-21/h13-16,19-20,25-27,33,56-57H,4-12H2,1-3H3,(H,38,40)(H,39,41)(H2,37,46,49,50)(H3,36,42,43,45,47,48)/t19-,20-,25-,26+,27-,33+/m0/s1. The number of nitrogens with one attached hydrogen (secondary N) is 7. The summed E-state index contributed by atoms with van der Waals surface area (Å²) in [6.07, 6.45) is 6.65. The SMILES string of the molecule is CCn1nnc([C@H]2O[C@@H](n3cnc4c(N[C@H]5CC[C@H](Nc6[nH]c(NCCc7nc[nH]c7C)nc7ncnc6-7)CC5)nc(NCCc5nc[nH]c5C)nc43)[C@H](O)[C@@H]2O)n1. The van der Waals surface area contributed by atoms with E-state index in [4.69, 9.17) is 14.7 Å². The Labute approximate surface area is 331 Å². The van der Waals surface area contributed by atoms with Gasteiger partial charge in [0.2, 0.25) is 17.7 Å². The number of aryl methyl sites for hydroxylation is 3. The Morgan fingerprint density at radius 3 is 2.26 bits per heavy atom. The minimum Gasteiger partial charge on any atom is -0.387 e. The van der Waals surface area contributed by atoms with Crippen molar-refractivity contribution in [3.63, 3.8) is 0 Å². The number of aromatic amines is 3. The van der Waals surface area contributed by atoms with Crippen LogP contribution in [0.4, 0.5) is 23.5 Å². The van der Waals surface area contributed by atoms with E-state index in [1.165, 1.54) is 11.1 Å². The maximum Gasteiger partial charge on any atom is 0.226 e. The van der Waals surface area contributed by atoms with Crippen molar-refractivity contribution >= 4 is 34.7 Å². The molecule has 1 saturated heterocycles. The molecule has 0 aromatic carbocycles. The van der Waals surface area contributed by atoms with Crippen LogP contribution < -0.4 is 21.3 Å². The fraction of sp³-hybridized carbons (Fsp3) is 0.514. The zero-order valence-corrected chi connectivity index (χ0v) is 32.3. The number of anilines is 4. The van der Waals surface area contributed by atoms with Gasteiger partial charge in [0.1, 0.15) is 30.0 Å². The van der Waals surface area contributed by atoms with Crippen LogP contribution in [-0.4, -0.2) is 127 Å². The second-order valence-corrected chi connectivity index (χ2v) is 14.6. The molecule has 9 N–H and O–H groups in total. The van der Waals surface area contributed by atoms with Gasteiger partial charge in [-0.25, -0.2) is 24.9 Å². The summed E-state index contributed by atoms with van der Waals surface area (Å²) in [6, 6.07) is 0.271. The molecule has 3 aliphatic heterocycles. The van der Waals surface area contributed by atoms with Crippen LogP contribution in [-0.2, 0) is 24.1 Å². The minimum absolute atomic E-state index is 0.0931. The molecule has 9 rings (SSSR count). The molecule has 5 aromatic heterocycles. The molecule has 4 aliphatic rings. The smallest absolute Gasteiger partial charge is 0.226 e. The summed E-state index contributed by atoms with van der Waals surface area (Å²) in [7, 11) is 0. The molecule has 304 valence electrons. The number of hydrogen-bond donors (Lipinski definition) is 9. The van der Waals surface area contributed by atoms with E-state index in [0.29, 0.717) is 66.5 Å². The summed E-state index contributed by atoms with van der Waals surface area (Å²) in [6.45, 7) is 7.54. The fourth-order valence-electron chi connectivity index (χ4n) is 7.56. The van der Waals surface area contributed by atoms with E-state index in [1.807, 2.05) is 20.8 Å². The van der Waals surface area contributed by atoms with Crippen LogP contribution in [0.25, 0.3) is 22.7 Å². The maximum absolute atomic E-state index is 11.2. The predicted octanol–water partition coefficient (Wildman–Crippen LogP) is 1.65. The molecule has 1 saturated carbocycles. The molecule has 2 fully saturated rings.